The fraction of sp³-hybridized carbons (Fsp3) is 0.200. The zero-order valence-electron chi connectivity index (χ0n) is 10.9. The molecule has 0 aliphatic rings. The van der Waals surface area contributed by atoms with E-state index in [1.54, 1.807) is 6.20 Å². The summed E-state index contributed by atoms with van der Waals surface area (Å²) in [5.74, 6) is 0. The number of imidazole rings is 1. The standard InChI is InChI=1S/C15H16N4/c1-12-14(19-8-3-2-6-15(19)18-12)11-17-10-13-5-4-7-16-9-13/h2-9,17H,10-11H2,1H3. The average Bonchev–Trinajstić information content (AvgIpc) is 2.76. The van der Waals surface area contributed by atoms with E-state index in [1.165, 1.54) is 11.3 Å². The van der Waals surface area contributed by atoms with Gasteiger partial charge >= 0.3 is 0 Å². The van der Waals surface area contributed by atoms with Crippen molar-refractivity contribution >= 4 is 5.65 Å². The fourth-order valence-electron chi connectivity index (χ4n) is 2.21. The molecule has 0 radical (unpaired) electrons. The van der Waals surface area contributed by atoms with Gasteiger partial charge in [-0.1, -0.05) is 12.1 Å². The molecule has 96 valence electrons. The quantitative estimate of drug-likeness (QED) is 0.775. The number of pyridine rings is 2. The molecule has 1 N–H and O–H groups in total. The van der Waals surface area contributed by atoms with E-state index < -0.39 is 0 Å². The van der Waals surface area contributed by atoms with Gasteiger partial charge in [-0.15, -0.1) is 0 Å². The number of aryl methyl sites for hydroxylation is 1. The van der Waals surface area contributed by atoms with Gasteiger partial charge in [0.1, 0.15) is 5.65 Å². The van der Waals surface area contributed by atoms with Crippen LogP contribution in [0.3, 0.4) is 0 Å². The van der Waals surface area contributed by atoms with Gasteiger partial charge in [0.05, 0.1) is 11.4 Å². The Morgan fingerprint density at radius 3 is 2.95 bits per heavy atom. The summed E-state index contributed by atoms with van der Waals surface area (Å²) in [7, 11) is 0. The lowest BCUT2D eigenvalue weighted by atomic mass is 10.3. The van der Waals surface area contributed by atoms with Crippen molar-refractivity contribution in [2.45, 2.75) is 20.0 Å². The van der Waals surface area contributed by atoms with Crippen LogP contribution in [0.5, 0.6) is 0 Å². The monoisotopic (exact) mass is 252 g/mol. The molecule has 0 bridgehead atoms. The summed E-state index contributed by atoms with van der Waals surface area (Å²) in [6.45, 7) is 3.66. The molecule has 0 fully saturated rings. The maximum absolute atomic E-state index is 4.55. The predicted molar refractivity (Wildman–Crippen MR) is 74.7 cm³/mol. The molecule has 19 heavy (non-hydrogen) atoms. The highest BCUT2D eigenvalue weighted by molar-refractivity contribution is 5.42. The molecule has 3 rings (SSSR count). The largest absolute Gasteiger partial charge is 0.307 e. The van der Waals surface area contributed by atoms with Gasteiger partial charge in [0, 0.05) is 31.7 Å². The minimum atomic E-state index is 0.798. The molecule has 0 saturated carbocycles. The number of nitrogens with zero attached hydrogens (tertiary/aromatic N) is 3. The summed E-state index contributed by atoms with van der Waals surface area (Å²) < 4.78 is 2.13. The molecule has 0 unspecified atom stereocenters. The van der Waals surface area contributed by atoms with Gasteiger partial charge in [0.15, 0.2) is 0 Å². The third kappa shape index (κ3) is 2.48. The third-order valence-corrected chi connectivity index (χ3v) is 3.17. The summed E-state index contributed by atoms with van der Waals surface area (Å²) in [6, 6.07) is 10.1. The van der Waals surface area contributed by atoms with Crippen molar-refractivity contribution in [3.63, 3.8) is 0 Å². The van der Waals surface area contributed by atoms with Gasteiger partial charge < -0.3 is 9.72 Å². The Balaban J connectivity index is 1.73. The van der Waals surface area contributed by atoms with E-state index in [2.05, 4.69) is 31.9 Å². The first-order chi connectivity index (χ1) is 9.34. The molecule has 0 aliphatic heterocycles. The molecule has 0 amide bonds. The number of hydrogen-bond acceptors (Lipinski definition) is 3. The van der Waals surface area contributed by atoms with Crippen molar-refractivity contribution in [1.82, 2.24) is 19.7 Å². The van der Waals surface area contributed by atoms with Crippen molar-refractivity contribution in [3.8, 4) is 0 Å². The summed E-state index contributed by atoms with van der Waals surface area (Å²) in [5, 5.41) is 3.44. The molecule has 0 atom stereocenters. The molecule has 4 nitrogen and oxygen atoms in total. The molecular weight excluding hydrogens is 236 g/mol. The number of rotatable bonds is 4. The molecule has 3 aromatic heterocycles. The first-order valence-corrected chi connectivity index (χ1v) is 6.37. The smallest absolute Gasteiger partial charge is 0.137 e. The van der Waals surface area contributed by atoms with Gasteiger partial charge in [-0.2, -0.15) is 0 Å². The van der Waals surface area contributed by atoms with Crippen LogP contribution in [0.4, 0.5) is 0 Å². The minimum absolute atomic E-state index is 0.798. The van der Waals surface area contributed by atoms with E-state index in [-0.39, 0.29) is 0 Å². The summed E-state index contributed by atoms with van der Waals surface area (Å²) in [6.07, 6.45) is 5.73. The van der Waals surface area contributed by atoms with Crippen LogP contribution in [0.2, 0.25) is 0 Å². The van der Waals surface area contributed by atoms with E-state index in [1.807, 2.05) is 37.4 Å². The predicted octanol–water partition coefficient (Wildman–Crippen LogP) is 2.33. The summed E-state index contributed by atoms with van der Waals surface area (Å²) >= 11 is 0. The van der Waals surface area contributed by atoms with Gasteiger partial charge in [0.25, 0.3) is 0 Å². The van der Waals surface area contributed by atoms with Gasteiger partial charge in [-0.05, 0) is 30.7 Å². The van der Waals surface area contributed by atoms with E-state index in [4.69, 9.17) is 0 Å². The lowest BCUT2D eigenvalue weighted by Gasteiger charge is -2.05. The number of hydrogen-bond donors (Lipinski definition) is 1. The Hall–Kier alpha value is -2.20. The molecule has 0 spiro atoms. The Labute approximate surface area is 112 Å². The van der Waals surface area contributed by atoms with Crippen LogP contribution in [0.25, 0.3) is 5.65 Å². The third-order valence-electron chi connectivity index (χ3n) is 3.17. The van der Waals surface area contributed by atoms with E-state index >= 15 is 0 Å². The van der Waals surface area contributed by atoms with Crippen molar-refractivity contribution in [2.24, 2.45) is 0 Å². The minimum Gasteiger partial charge on any atom is -0.307 e. The van der Waals surface area contributed by atoms with Crippen LogP contribution in [0.15, 0.2) is 48.9 Å². The second-order valence-corrected chi connectivity index (χ2v) is 4.54. The molecule has 4 heteroatoms. The Morgan fingerprint density at radius 1 is 1.16 bits per heavy atom. The lowest BCUT2D eigenvalue weighted by molar-refractivity contribution is 0.670. The van der Waals surface area contributed by atoms with Crippen molar-refractivity contribution < 1.29 is 0 Å². The molecule has 3 heterocycles. The van der Waals surface area contributed by atoms with Gasteiger partial charge in [-0.3, -0.25) is 4.98 Å². The van der Waals surface area contributed by atoms with E-state index in [9.17, 15) is 0 Å². The second-order valence-electron chi connectivity index (χ2n) is 4.54. The molecule has 0 aromatic carbocycles. The Kier molecular flexibility index (Phi) is 3.25. The average molecular weight is 252 g/mol. The first-order valence-electron chi connectivity index (χ1n) is 6.37. The van der Waals surface area contributed by atoms with E-state index in [0.717, 1.165) is 24.4 Å². The molecule has 3 aromatic rings. The number of nitrogens with one attached hydrogen (secondary N) is 1. The fourth-order valence-corrected chi connectivity index (χ4v) is 2.21. The second kappa shape index (κ2) is 5.20. The lowest BCUT2D eigenvalue weighted by Crippen LogP contribution is -2.14. The van der Waals surface area contributed by atoms with Gasteiger partial charge in [-0.25, -0.2) is 4.98 Å². The Morgan fingerprint density at radius 2 is 2.11 bits per heavy atom. The van der Waals surface area contributed by atoms with Crippen molar-refractivity contribution in [2.75, 3.05) is 0 Å². The molecule has 0 aliphatic carbocycles. The molecule has 0 saturated heterocycles. The zero-order valence-corrected chi connectivity index (χ0v) is 10.9. The van der Waals surface area contributed by atoms with Crippen LogP contribution in [0.1, 0.15) is 17.0 Å². The summed E-state index contributed by atoms with van der Waals surface area (Å²) in [4.78, 5) is 8.66. The normalized spacial score (nSPS) is 11.0. The maximum atomic E-state index is 4.55. The molecular formula is C15H16N4. The Bertz CT molecular complexity index is 673. The zero-order chi connectivity index (χ0) is 13.1. The highest BCUT2D eigenvalue weighted by Gasteiger charge is 2.07. The van der Waals surface area contributed by atoms with Crippen LogP contribution < -0.4 is 5.32 Å². The van der Waals surface area contributed by atoms with E-state index in [0.29, 0.717) is 0 Å². The summed E-state index contributed by atoms with van der Waals surface area (Å²) in [5.41, 5.74) is 4.47. The number of fused-ring (bicyclic) bond motifs is 1. The van der Waals surface area contributed by atoms with Crippen molar-refractivity contribution in [1.29, 1.82) is 0 Å². The first kappa shape index (κ1) is 11.9. The van der Waals surface area contributed by atoms with Crippen LogP contribution in [-0.2, 0) is 13.1 Å². The van der Waals surface area contributed by atoms with Crippen LogP contribution in [-0.4, -0.2) is 14.4 Å². The van der Waals surface area contributed by atoms with Crippen molar-refractivity contribution in [3.05, 3.63) is 65.9 Å². The topological polar surface area (TPSA) is 42.2 Å². The maximum Gasteiger partial charge on any atom is 0.137 e. The number of aromatic nitrogens is 3. The highest BCUT2D eigenvalue weighted by atomic mass is 15.0. The van der Waals surface area contributed by atoms with Crippen LogP contribution in [0, 0.1) is 6.92 Å². The van der Waals surface area contributed by atoms with Gasteiger partial charge in [0.2, 0.25) is 0 Å². The van der Waals surface area contributed by atoms with Crippen LogP contribution >= 0.6 is 0 Å². The SMILES string of the molecule is Cc1nc2ccccn2c1CNCc1cccnc1. The highest BCUT2D eigenvalue weighted by Crippen LogP contribution is 2.11.